The molecule has 2 aromatic carbocycles. The smallest absolute Gasteiger partial charge is 0.335 e. The van der Waals surface area contributed by atoms with E-state index in [1.807, 2.05) is 29.6 Å². The molecule has 0 bridgehead atoms. The molecule has 0 fully saturated rings. The average Bonchev–Trinajstić information content (AvgIpc) is 3.22. The molecule has 4 rings (SSSR count). The second-order valence-corrected chi connectivity index (χ2v) is 7.35. The van der Waals surface area contributed by atoms with Gasteiger partial charge >= 0.3 is 5.97 Å². The molecule has 0 aliphatic carbocycles. The molecule has 0 radical (unpaired) electrons. The van der Waals surface area contributed by atoms with Crippen LogP contribution in [0.4, 0.5) is 22.7 Å². The largest absolute Gasteiger partial charge is 0.497 e. The number of carboxylic acids is 1. The van der Waals surface area contributed by atoms with Crippen molar-refractivity contribution in [3.63, 3.8) is 0 Å². The van der Waals surface area contributed by atoms with Gasteiger partial charge in [-0.25, -0.2) is 9.78 Å². The Morgan fingerprint density at radius 2 is 1.65 bits per heavy atom. The summed E-state index contributed by atoms with van der Waals surface area (Å²) in [5.74, 6) is 0.200. The predicted octanol–water partition coefficient (Wildman–Crippen LogP) is 4.84. The fraction of sp³-hybridized carbons (Fsp3) is 0.0500. The normalized spacial score (nSPS) is 10.5. The van der Waals surface area contributed by atoms with Gasteiger partial charge < -0.3 is 15.2 Å². The Morgan fingerprint density at radius 1 is 0.968 bits per heavy atom. The molecule has 2 aromatic heterocycles. The number of hydrogen-bond acceptors (Lipinski definition) is 9. The number of nitrogens with one attached hydrogen (secondary N) is 2. The molecule has 156 valence electrons. The van der Waals surface area contributed by atoms with Crippen molar-refractivity contribution in [2.24, 2.45) is 0 Å². The van der Waals surface area contributed by atoms with E-state index in [9.17, 15) is 4.79 Å². The van der Waals surface area contributed by atoms with E-state index in [4.69, 9.17) is 21.4 Å². The highest BCUT2D eigenvalue weighted by molar-refractivity contribution is 7.14. The topological polar surface area (TPSA) is 122 Å². The highest BCUT2D eigenvalue weighted by atomic mass is 35.5. The molecular formula is C20H15ClN6O3S. The molecule has 4 aromatic rings. The van der Waals surface area contributed by atoms with Gasteiger partial charge in [0.2, 0.25) is 17.2 Å². The van der Waals surface area contributed by atoms with E-state index in [1.165, 1.54) is 23.5 Å². The summed E-state index contributed by atoms with van der Waals surface area (Å²) in [5, 5.41) is 17.5. The Kier molecular flexibility index (Phi) is 5.92. The predicted molar refractivity (Wildman–Crippen MR) is 119 cm³/mol. The molecule has 0 spiro atoms. The molecule has 31 heavy (non-hydrogen) atoms. The first-order valence-electron chi connectivity index (χ1n) is 8.89. The lowest BCUT2D eigenvalue weighted by Gasteiger charge is -2.07. The number of carbonyl (C=O) groups is 1. The Balaban J connectivity index is 1.49. The molecule has 0 amide bonds. The summed E-state index contributed by atoms with van der Waals surface area (Å²) in [7, 11) is 1.62. The Bertz CT molecular complexity index is 1210. The number of carboxylic acid groups (broad SMARTS) is 1. The first-order chi connectivity index (χ1) is 15.0. The van der Waals surface area contributed by atoms with Crippen molar-refractivity contribution in [2.45, 2.75) is 0 Å². The monoisotopic (exact) mass is 454 g/mol. The van der Waals surface area contributed by atoms with Crippen molar-refractivity contribution in [1.82, 2.24) is 19.9 Å². The Hall–Kier alpha value is -3.76. The SMILES string of the molecule is COc1ccc(-c2csc(Nc3nc(Cl)nc(Nc4ccc(C(=O)O)cc4)n3)n2)cc1. The lowest BCUT2D eigenvalue weighted by molar-refractivity contribution is 0.0697. The zero-order valence-electron chi connectivity index (χ0n) is 16.0. The number of halogens is 1. The molecule has 0 aliphatic heterocycles. The maximum absolute atomic E-state index is 11.0. The lowest BCUT2D eigenvalue weighted by atomic mass is 10.2. The highest BCUT2D eigenvalue weighted by Gasteiger charge is 2.10. The van der Waals surface area contributed by atoms with Crippen LogP contribution in [0.2, 0.25) is 5.28 Å². The van der Waals surface area contributed by atoms with Crippen molar-refractivity contribution in [3.8, 4) is 17.0 Å². The average molecular weight is 455 g/mol. The molecule has 11 heteroatoms. The fourth-order valence-corrected chi connectivity index (χ4v) is 3.48. The Labute approximate surface area is 185 Å². The summed E-state index contributed by atoms with van der Waals surface area (Å²) in [6.45, 7) is 0. The first-order valence-corrected chi connectivity index (χ1v) is 10.1. The summed E-state index contributed by atoms with van der Waals surface area (Å²) >= 11 is 7.43. The zero-order valence-corrected chi connectivity index (χ0v) is 17.6. The summed E-state index contributed by atoms with van der Waals surface area (Å²) < 4.78 is 5.17. The number of anilines is 4. The molecule has 3 N–H and O–H groups in total. The van der Waals surface area contributed by atoms with Gasteiger partial charge in [-0.2, -0.15) is 15.0 Å². The van der Waals surface area contributed by atoms with Crippen LogP contribution in [0.15, 0.2) is 53.9 Å². The zero-order chi connectivity index (χ0) is 21.8. The van der Waals surface area contributed by atoms with Crippen LogP contribution in [0.5, 0.6) is 5.75 Å². The summed E-state index contributed by atoms with van der Waals surface area (Å²) in [6, 6.07) is 13.8. The molecule has 9 nitrogen and oxygen atoms in total. The van der Waals surface area contributed by atoms with E-state index in [-0.39, 0.29) is 22.7 Å². The number of hydrogen-bond donors (Lipinski definition) is 3. The third-order valence-corrected chi connectivity index (χ3v) is 5.03. The minimum atomic E-state index is -1.00. The van der Waals surface area contributed by atoms with Crippen molar-refractivity contribution in [1.29, 1.82) is 0 Å². The maximum atomic E-state index is 11.0. The standard InChI is InChI=1S/C20H15ClN6O3S/c1-30-14-8-4-11(5-9-14)15-10-31-20(23-15)27-19-25-17(21)24-18(26-19)22-13-6-2-12(3-7-13)16(28)29/h2-10H,1H3,(H,28,29)(H2,22,23,24,25,26,27). The van der Waals surface area contributed by atoms with Crippen LogP contribution in [0, 0.1) is 0 Å². The van der Waals surface area contributed by atoms with Gasteiger partial charge in [0, 0.05) is 16.6 Å². The number of thiazole rings is 1. The number of aromatic nitrogens is 4. The van der Waals surface area contributed by atoms with Gasteiger partial charge in [-0.1, -0.05) is 0 Å². The van der Waals surface area contributed by atoms with Gasteiger partial charge in [-0.3, -0.25) is 5.32 Å². The van der Waals surface area contributed by atoms with Crippen LogP contribution in [0.1, 0.15) is 10.4 Å². The number of rotatable bonds is 7. The minimum Gasteiger partial charge on any atom is -0.497 e. The molecular weight excluding hydrogens is 440 g/mol. The van der Waals surface area contributed by atoms with Crippen LogP contribution >= 0.6 is 22.9 Å². The fourth-order valence-electron chi connectivity index (χ4n) is 2.61. The maximum Gasteiger partial charge on any atom is 0.335 e. The number of nitrogens with zero attached hydrogens (tertiary/aromatic N) is 4. The summed E-state index contributed by atoms with van der Waals surface area (Å²) in [4.78, 5) is 27.9. The molecule has 0 saturated heterocycles. The molecule has 2 heterocycles. The molecule has 0 aliphatic rings. The van der Waals surface area contributed by atoms with E-state index >= 15 is 0 Å². The van der Waals surface area contributed by atoms with Crippen molar-refractivity contribution >= 4 is 51.6 Å². The third kappa shape index (κ3) is 5.05. The van der Waals surface area contributed by atoms with Gasteiger partial charge in [-0.05, 0) is 60.1 Å². The molecule has 0 unspecified atom stereocenters. The van der Waals surface area contributed by atoms with Crippen LogP contribution in [-0.2, 0) is 0 Å². The summed E-state index contributed by atoms with van der Waals surface area (Å²) in [5.41, 5.74) is 2.53. The van der Waals surface area contributed by atoms with E-state index in [0.29, 0.717) is 10.8 Å². The van der Waals surface area contributed by atoms with Crippen molar-refractivity contribution in [2.75, 3.05) is 17.7 Å². The van der Waals surface area contributed by atoms with Crippen LogP contribution in [0.25, 0.3) is 11.3 Å². The quantitative estimate of drug-likeness (QED) is 0.359. The van der Waals surface area contributed by atoms with Gasteiger partial charge in [0.15, 0.2) is 5.13 Å². The third-order valence-electron chi connectivity index (χ3n) is 4.10. The van der Waals surface area contributed by atoms with Gasteiger partial charge in [0.05, 0.1) is 18.4 Å². The second kappa shape index (κ2) is 8.94. The van der Waals surface area contributed by atoms with Crippen molar-refractivity contribution in [3.05, 3.63) is 64.8 Å². The second-order valence-electron chi connectivity index (χ2n) is 6.15. The molecule has 0 atom stereocenters. The van der Waals surface area contributed by atoms with Gasteiger partial charge in [0.1, 0.15) is 5.75 Å². The Morgan fingerprint density at radius 3 is 2.29 bits per heavy atom. The minimum absolute atomic E-state index is 0.00547. The lowest BCUT2D eigenvalue weighted by Crippen LogP contribution is -2.04. The number of methoxy groups -OCH3 is 1. The number of ether oxygens (including phenoxy) is 1. The highest BCUT2D eigenvalue weighted by Crippen LogP contribution is 2.28. The van der Waals surface area contributed by atoms with Crippen LogP contribution < -0.4 is 15.4 Å². The summed E-state index contributed by atoms with van der Waals surface area (Å²) in [6.07, 6.45) is 0. The van der Waals surface area contributed by atoms with E-state index in [2.05, 4.69) is 30.6 Å². The number of benzene rings is 2. The van der Waals surface area contributed by atoms with E-state index < -0.39 is 5.97 Å². The van der Waals surface area contributed by atoms with E-state index in [1.54, 1.807) is 19.2 Å². The van der Waals surface area contributed by atoms with Crippen LogP contribution in [0.3, 0.4) is 0 Å². The number of aromatic carboxylic acids is 1. The molecule has 0 saturated carbocycles. The van der Waals surface area contributed by atoms with Gasteiger partial charge in [0.25, 0.3) is 0 Å². The van der Waals surface area contributed by atoms with E-state index in [0.717, 1.165) is 17.0 Å². The van der Waals surface area contributed by atoms with Crippen molar-refractivity contribution < 1.29 is 14.6 Å². The van der Waals surface area contributed by atoms with Gasteiger partial charge in [-0.15, -0.1) is 11.3 Å². The van der Waals surface area contributed by atoms with Crippen LogP contribution in [-0.4, -0.2) is 38.1 Å². The first kappa shape index (κ1) is 20.5.